The van der Waals surface area contributed by atoms with Crippen LogP contribution < -0.4 is 10.5 Å². The molecule has 0 bridgehead atoms. The van der Waals surface area contributed by atoms with E-state index in [0.717, 1.165) is 6.07 Å². The topological polar surface area (TPSA) is 117 Å². The maximum Gasteiger partial charge on any atom is 0.301 e. The van der Waals surface area contributed by atoms with Crippen molar-refractivity contribution in [2.75, 3.05) is 31.0 Å². The van der Waals surface area contributed by atoms with Crippen LogP contribution in [-0.4, -0.2) is 50.1 Å². The number of hydrogen-bond acceptors (Lipinski definition) is 5. The number of rotatable bonds is 4. The van der Waals surface area contributed by atoms with Crippen molar-refractivity contribution in [3.05, 3.63) is 29.6 Å². The molecular weight excluding hydrogens is 303 g/mol. The van der Waals surface area contributed by atoms with Gasteiger partial charge in [0.1, 0.15) is 5.82 Å². The van der Waals surface area contributed by atoms with Crippen molar-refractivity contribution in [2.45, 2.75) is 0 Å². The van der Waals surface area contributed by atoms with Gasteiger partial charge in [0.2, 0.25) is 0 Å². The second kappa shape index (κ2) is 6.24. The van der Waals surface area contributed by atoms with E-state index in [0.29, 0.717) is 0 Å². The molecule has 2 rings (SSSR count). The number of ether oxygens (including phenoxy) is 1. The first-order chi connectivity index (χ1) is 9.95. The van der Waals surface area contributed by atoms with Crippen LogP contribution in [0.3, 0.4) is 0 Å². The predicted octanol–water partition coefficient (Wildman–Crippen LogP) is -0.0909. The van der Waals surface area contributed by atoms with Gasteiger partial charge in [0, 0.05) is 13.1 Å². The van der Waals surface area contributed by atoms with Crippen LogP contribution >= 0.6 is 0 Å². The van der Waals surface area contributed by atoms with Gasteiger partial charge < -0.3 is 15.7 Å². The Labute approximate surface area is 121 Å². The van der Waals surface area contributed by atoms with E-state index in [1.54, 1.807) is 0 Å². The summed E-state index contributed by atoms with van der Waals surface area (Å²) in [5, 5.41) is 11.4. The Balaban J connectivity index is 2.33. The highest BCUT2D eigenvalue weighted by atomic mass is 32.2. The van der Waals surface area contributed by atoms with Crippen LogP contribution in [0.15, 0.2) is 23.4 Å². The molecule has 1 fully saturated rings. The molecule has 1 saturated heterocycles. The fourth-order valence-electron chi connectivity index (χ4n) is 1.91. The maximum atomic E-state index is 13.8. The minimum atomic E-state index is -3.87. The van der Waals surface area contributed by atoms with Crippen molar-refractivity contribution < 1.29 is 22.8 Å². The molecule has 116 valence electrons. The van der Waals surface area contributed by atoms with Crippen molar-refractivity contribution in [1.82, 2.24) is 4.31 Å². The molecule has 0 radical (unpaired) electrons. The molecule has 21 heavy (non-hydrogen) atoms. The number of nitrogens with one attached hydrogen (secondary N) is 1. The zero-order chi connectivity index (χ0) is 15.5. The lowest BCUT2D eigenvalue weighted by Crippen LogP contribution is -2.43. The lowest BCUT2D eigenvalue weighted by Gasteiger charge is -2.26. The van der Waals surface area contributed by atoms with Crippen molar-refractivity contribution in [1.29, 1.82) is 0 Å². The molecule has 8 nitrogen and oxygen atoms in total. The Bertz CT molecular complexity index is 644. The normalized spacial score (nSPS) is 17.7. The molecule has 1 aliphatic heterocycles. The van der Waals surface area contributed by atoms with Crippen molar-refractivity contribution in [3.8, 4) is 0 Å². The van der Waals surface area contributed by atoms with Crippen LogP contribution in [0.1, 0.15) is 5.56 Å². The molecule has 0 atom stereocenters. The van der Waals surface area contributed by atoms with Gasteiger partial charge >= 0.3 is 10.2 Å². The maximum absolute atomic E-state index is 13.8. The highest BCUT2D eigenvalue weighted by Gasteiger charge is 2.26. The summed E-state index contributed by atoms with van der Waals surface area (Å²) in [6.45, 7) is 0.974. The third-order valence-electron chi connectivity index (χ3n) is 2.93. The third-order valence-corrected chi connectivity index (χ3v) is 4.45. The Morgan fingerprint density at radius 1 is 1.43 bits per heavy atom. The predicted molar refractivity (Wildman–Crippen MR) is 73.8 cm³/mol. The van der Waals surface area contributed by atoms with Gasteiger partial charge in [-0.05, 0) is 12.1 Å². The highest BCUT2D eigenvalue weighted by molar-refractivity contribution is 7.90. The summed E-state index contributed by atoms with van der Waals surface area (Å²) in [6, 6.07) is 3.73. The minimum Gasteiger partial charge on any atom is -0.409 e. The van der Waals surface area contributed by atoms with Crippen LogP contribution in [0.25, 0.3) is 0 Å². The number of hydrogen-bond donors (Lipinski definition) is 3. The number of halogens is 1. The van der Waals surface area contributed by atoms with Crippen molar-refractivity contribution in [3.63, 3.8) is 0 Å². The molecule has 0 aliphatic carbocycles. The number of nitrogens with two attached hydrogens (primary N) is 1. The van der Waals surface area contributed by atoms with Gasteiger partial charge in [0.15, 0.2) is 5.84 Å². The van der Waals surface area contributed by atoms with Gasteiger partial charge in [-0.1, -0.05) is 11.2 Å². The van der Waals surface area contributed by atoms with Crippen LogP contribution in [0.2, 0.25) is 0 Å². The Morgan fingerprint density at radius 3 is 2.71 bits per heavy atom. The minimum absolute atomic E-state index is 0.100. The largest absolute Gasteiger partial charge is 0.409 e. The average Bonchev–Trinajstić information content (AvgIpc) is 2.47. The van der Waals surface area contributed by atoms with Crippen molar-refractivity contribution in [2.24, 2.45) is 10.9 Å². The molecular formula is C11H15FN4O4S. The van der Waals surface area contributed by atoms with E-state index >= 15 is 0 Å². The van der Waals surface area contributed by atoms with Crippen LogP contribution in [0.4, 0.5) is 10.1 Å². The number of benzene rings is 1. The number of anilines is 1. The quantitative estimate of drug-likeness (QED) is 0.310. The van der Waals surface area contributed by atoms with Crippen LogP contribution in [0.5, 0.6) is 0 Å². The molecule has 1 aliphatic rings. The lowest BCUT2D eigenvalue weighted by molar-refractivity contribution is 0.0733. The first-order valence-electron chi connectivity index (χ1n) is 6.08. The number of oxime groups is 1. The summed E-state index contributed by atoms with van der Waals surface area (Å²) in [5.41, 5.74) is 4.98. The van der Waals surface area contributed by atoms with Gasteiger partial charge in [-0.2, -0.15) is 12.7 Å². The van der Waals surface area contributed by atoms with Crippen LogP contribution in [0, 0.1) is 5.82 Å². The molecule has 1 aromatic rings. The zero-order valence-corrected chi connectivity index (χ0v) is 11.8. The summed E-state index contributed by atoms with van der Waals surface area (Å²) >= 11 is 0. The monoisotopic (exact) mass is 318 g/mol. The molecule has 4 N–H and O–H groups in total. The van der Waals surface area contributed by atoms with Crippen molar-refractivity contribution >= 4 is 21.7 Å². The lowest BCUT2D eigenvalue weighted by atomic mass is 10.1. The van der Waals surface area contributed by atoms with E-state index < -0.39 is 21.9 Å². The summed E-state index contributed by atoms with van der Waals surface area (Å²) in [6.07, 6.45) is 0. The summed E-state index contributed by atoms with van der Waals surface area (Å²) in [7, 11) is -3.87. The molecule has 1 aromatic carbocycles. The molecule has 0 saturated carbocycles. The fraction of sp³-hybridized carbons (Fsp3) is 0.364. The smallest absolute Gasteiger partial charge is 0.301 e. The standard InChI is InChI=1S/C11H15FN4O4S/c12-8-2-1-3-9(10(8)11(13)14-17)15-21(18,19)16-4-6-20-7-5-16/h1-3,15,17H,4-7H2,(H2,13,14). The first kappa shape index (κ1) is 15.5. The molecule has 10 heteroatoms. The van der Waals surface area contributed by atoms with Crippen LogP contribution in [-0.2, 0) is 14.9 Å². The second-order valence-corrected chi connectivity index (χ2v) is 5.94. The number of amidine groups is 1. The molecule has 0 unspecified atom stereocenters. The second-order valence-electron chi connectivity index (χ2n) is 4.27. The first-order valence-corrected chi connectivity index (χ1v) is 7.52. The summed E-state index contributed by atoms with van der Waals surface area (Å²) in [5.74, 6) is -1.32. The van der Waals surface area contributed by atoms with Gasteiger partial charge in [-0.3, -0.25) is 4.72 Å². The van der Waals surface area contributed by atoms with E-state index in [1.165, 1.54) is 16.4 Å². The van der Waals surface area contributed by atoms with E-state index in [9.17, 15) is 12.8 Å². The average molecular weight is 318 g/mol. The number of nitrogens with zero attached hydrogens (tertiary/aromatic N) is 2. The molecule has 0 aromatic heterocycles. The van der Waals surface area contributed by atoms with Gasteiger partial charge in [0.05, 0.1) is 24.5 Å². The zero-order valence-electron chi connectivity index (χ0n) is 11.0. The highest BCUT2D eigenvalue weighted by Crippen LogP contribution is 2.21. The molecule has 0 spiro atoms. The molecule has 1 heterocycles. The summed E-state index contributed by atoms with van der Waals surface area (Å²) in [4.78, 5) is 0. The number of morpholine rings is 1. The van der Waals surface area contributed by atoms with Gasteiger partial charge in [-0.25, -0.2) is 4.39 Å². The molecule has 0 amide bonds. The Morgan fingerprint density at radius 2 is 2.10 bits per heavy atom. The van der Waals surface area contributed by atoms with E-state index in [4.69, 9.17) is 15.7 Å². The van der Waals surface area contributed by atoms with Gasteiger partial charge in [-0.15, -0.1) is 0 Å². The Hall–Kier alpha value is -1.91. The van der Waals surface area contributed by atoms with E-state index in [-0.39, 0.29) is 37.6 Å². The Kier molecular flexibility index (Phi) is 4.60. The van der Waals surface area contributed by atoms with Gasteiger partial charge in [0.25, 0.3) is 0 Å². The fourth-order valence-corrected chi connectivity index (χ4v) is 3.12. The third kappa shape index (κ3) is 3.40. The van der Waals surface area contributed by atoms with E-state index in [1.807, 2.05) is 0 Å². The van der Waals surface area contributed by atoms with E-state index in [2.05, 4.69) is 9.88 Å². The summed E-state index contributed by atoms with van der Waals surface area (Å²) < 4.78 is 46.7. The SMILES string of the molecule is N/C(=N/O)c1c(F)cccc1NS(=O)(=O)N1CCOCC1.